The van der Waals surface area contributed by atoms with Crippen molar-refractivity contribution in [2.75, 3.05) is 5.32 Å². The molecule has 1 aliphatic heterocycles. The molecule has 25 heavy (non-hydrogen) atoms. The monoisotopic (exact) mass is 345 g/mol. The third kappa shape index (κ3) is 3.90. The van der Waals surface area contributed by atoms with Crippen LogP contribution < -0.4 is 16.0 Å². The highest BCUT2D eigenvalue weighted by atomic mass is 19.3. The second-order valence-electron chi connectivity index (χ2n) is 5.72. The third-order valence-corrected chi connectivity index (χ3v) is 3.73. The van der Waals surface area contributed by atoms with Crippen LogP contribution in [0.1, 0.15) is 18.5 Å². The number of amides is 1. The molecule has 0 spiro atoms. The number of aromatic nitrogens is 1. The largest absolute Gasteiger partial charge is 0.341 e. The van der Waals surface area contributed by atoms with Crippen LogP contribution in [0.4, 0.5) is 14.6 Å². The number of carbonyl (C=O) groups excluding carboxylic acids is 1. The van der Waals surface area contributed by atoms with E-state index in [-0.39, 0.29) is 17.1 Å². The standard InChI is InChI=1S/C17H17F2N5O/c1-9-3-2-4-14(21-9)24-17(25)11(8-20)16-22-12(10-5-6-10)7-13(23-16)15(18)19/h2-4,7-8,15,20,22-23H,5-6H2,1H3,(H,21,24,25)/b16-11+,20-8?. The molecule has 0 radical (unpaired) electrons. The molecule has 1 amide bonds. The predicted molar refractivity (Wildman–Crippen MR) is 90.0 cm³/mol. The molecule has 8 heteroatoms. The Bertz CT molecular complexity index is 820. The summed E-state index contributed by atoms with van der Waals surface area (Å²) in [6, 6.07) is 5.13. The van der Waals surface area contributed by atoms with Gasteiger partial charge in [-0.05, 0) is 43.5 Å². The lowest BCUT2D eigenvalue weighted by atomic mass is 10.2. The number of hydrogen-bond acceptors (Lipinski definition) is 5. The fourth-order valence-electron chi connectivity index (χ4n) is 2.36. The van der Waals surface area contributed by atoms with E-state index in [0.717, 1.165) is 30.3 Å². The molecule has 1 aromatic heterocycles. The Morgan fingerprint density at radius 1 is 1.36 bits per heavy atom. The van der Waals surface area contributed by atoms with Crippen LogP contribution in [0.25, 0.3) is 0 Å². The molecule has 2 heterocycles. The highest BCUT2D eigenvalue weighted by Gasteiger charge is 2.26. The number of aryl methyl sites for hydroxylation is 1. The van der Waals surface area contributed by atoms with E-state index in [0.29, 0.717) is 11.5 Å². The first-order valence-corrected chi connectivity index (χ1v) is 7.73. The summed E-state index contributed by atoms with van der Waals surface area (Å²) < 4.78 is 26.3. The predicted octanol–water partition coefficient (Wildman–Crippen LogP) is 2.58. The van der Waals surface area contributed by atoms with Gasteiger partial charge in [-0.15, -0.1) is 0 Å². The van der Waals surface area contributed by atoms with Crippen LogP contribution in [0.5, 0.6) is 0 Å². The van der Waals surface area contributed by atoms with Crippen LogP contribution in [0.15, 0.2) is 52.6 Å². The Morgan fingerprint density at radius 2 is 2.12 bits per heavy atom. The Hall–Kier alpha value is -3.03. The van der Waals surface area contributed by atoms with Gasteiger partial charge in [-0.2, -0.15) is 0 Å². The Kier molecular flexibility index (Phi) is 4.60. The molecule has 130 valence electrons. The van der Waals surface area contributed by atoms with E-state index in [4.69, 9.17) is 5.41 Å². The van der Waals surface area contributed by atoms with Crippen LogP contribution >= 0.6 is 0 Å². The zero-order valence-corrected chi connectivity index (χ0v) is 13.5. The minimum absolute atomic E-state index is 0.0624. The molecule has 6 nitrogen and oxygen atoms in total. The maximum atomic E-state index is 13.1. The van der Waals surface area contributed by atoms with Crippen molar-refractivity contribution in [2.24, 2.45) is 0 Å². The summed E-state index contributed by atoms with van der Waals surface area (Å²) >= 11 is 0. The van der Waals surface area contributed by atoms with Crippen molar-refractivity contribution >= 4 is 17.9 Å². The molecule has 0 unspecified atom stereocenters. The third-order valence-electron chi connectivity index (χ3n) is 3.73. The van der Waals surface area contributed by atoms with Gasteiger partial charge in [-0.25, -0.2) is 13.8 Å². The van der Waals surface area contributed by atoms with E-state index in [1.807, 2.05) is 0 Å². The highest BCUT2D eigenvalue weighted by Crippen LogP contribution is 2.33. The summed E-state index contributed by atoms with van der Waals surface area (Å²) in [5, 5.41) is 15.5. The summed E-state index contributed by atoms with van der Waals surface area (Å²) in [7, 11) is 0. The second kappa shape index (κ2) is 6.84. The Balaban J connectivity index is 1.90. The van der Waals surface area contributed by atoms with Gasteiger partial charge in [0.25, 0.3) is 12.3 Å². The topological polar surface area (TPSA) is 89.9 Å². The Morgan fingerprint density at radius 3 is 2.72 bits per heavy atom. The number of alkyl halides is 2. The molecular weight excluding hydrogens is 328 g/mol. The summed E-state index contributed by atoms with van der Waals surface area (Å²) in [6.07, 6.45) is 1.13. The van der Waals surface area contributed by atoms with Crippen molar-refractivity contribution in [3.05, 3.63) is 58.3 Å². The Labute approximate surface area is 143 Å². The fourth-order valence-corrected chi connectivity index (χ4v) is 2.36. The van der Waals surface area contributed by atoms with Crippen LogP contribution in [0.2, 0.25) is 0 Å². The van der Waals surface area contributed by atoms with E-state index < -0.39 is 12.3 Å². The van der Waals surface area contributed by atoms with Gasteiger partial charge in [0.05, 0.1) is 11.3 Å². The van der Waals surface area contributed by atoms with Gasteiger partial charge in [-0.1, -0.05) is 6.07 Å². The first-order valence-electron chi connectivity index (χ1n) is 7.73. The van der Waals surface area contributed by atoms with Crippen molar-refractivity contribution in [1.29, 1.82) is 5.41 Å². The van der Waals surface area contributed by atoms with Crippen LogP contribution in [-0.2, 0) is 4.79 Å². The number of pyridine rings is 1. The van der Waals surface area contributed by atoms with E-state index in [1.54, 1.807) is 25.1 Å². The average molecular weight is 345 g/mol. The quantitative estimate of drug-likeness (QED) is 0.499. The number of rotatable bonds is 4. The molecule has 4 N–H and O–H groups in total. The molecule has 2 aliphatic rings. The second-order valence-corrected chi connectivity index (χ2v) is 5.72. The number of allylic oxidation sites excluding steroid dienone is 3. The number of anilines is 1. The van der Waals surface area contributed by atoms with Gasteiger partial charge in [0.1, 0.15) is 11.6 Å². The number of carbonyl (C=O) groups is 1. The minimum Gasteiger partial charge on any atom is -0.341 e. The van der Waals surface area contributed by atoms with Crippen molar-refractivity contribution < 1.29 is 13.6 Å². The zero-order chi connectivity index (χ0) is 18.0. The summed E-state index contributed by atoms with van der Waals surface area (Å²) in [6.45, 7) is 1.78. The van der Waals surface area contributed by atoms with Crippen molar-refractivity contribution in [3.63, 3.8) is 0 Å². The molecular formula is C17H17F2N5O. The summed E-state index contributed by atoms with van der Waals surface area (Å²) in [5.74, 6) is -0.225. The summed E-state index contributed by atoms with van der Waals surface area (Å²) in [4.78, 5) is 16.6. The minimum atomic E-state index is -2.71. The van der Waals surface area contributed by atoms with Crippen molar-refractivity contribution in [2.45, 2.75) is 26.2 Å². The van der Waals surface area contributed by atoms with Gasteiger partial charge < -0.3 is 21.4 Å². The van der Waals surface area contributed by atoms with Gasteiger partial charge in [0, 0.05) is 17.6 Å². The van der Waals surface area contributed by atoms with Crippen LogP contribution in [-0.4, -0.2) is 23.5 Å². The first kappa shape index (κ1) is 16.8. The smallest absolute Gasteiger partial charge is 0.278 e. The van der Waals surface area contributed by atoms with E-state index in [2.05, 4.69) is 20.9 Å². The molecule has 1 aliphatic carbocycles. The summed E-state index contributed by atoms with van der Waals surface area (Å²) in [5.41, 5.74) is 1.91. The highest BCUT2D eigenvalue weighted by molar-refractivity contribution is 6.17. The number of nitrogens with one attached hydrogen (secondary N) is 4. The van der Waals surface area contributed by atoms with Gasteiger partial charge in [0.15, 0.2) is 0 Å². The van der Waals surface area contributed by atoms with Gasteiger partial charge in [0.2, 0.25) is 0 Å². The maximum Gasteiger partial charge on any atom is 0.278 e. The van der Waals surface area contributed by atoms with Crippen molar-refractivity contribution in [3.8, 4) is 0 Å². The molecule has 0 bridgehead atoms. The lowest BCUT2D eigenvalue weighted by Crippen LogP contribution is -2.36. The molecule has 0 aromatic carbocycles. The van der Waals surface area contributed by atoms with Gasteiger partial charge >= 0.3 is 0 Å². The van der Waals surface area contributed by atoms with Crippen molar-refractivity contribution in [1.82, 2.24) is 15.6 Å². The lowest BCUT2D eigenvalue weighted by Gasteiger charge is -2.24. The molecule has 0 saturated heterocycles. The molecule has 0 atom stereocenters. The number of halogens is 2. The maximum absolute atomic E-state index is 13.1. The molecule has 1 fully saturated rings. The van der Waals surface area contributed by atoms with E-state index >= 15 is 0 Å². The lowest BCUT2D eigenvalue weighted by molar-refractivity contribution is -0.112. The van der Waals surface area contributed by atoms with Crippen LogP contribution in [0.3, 0.4) is 0 Å². The number of hydrogen-bond donors (Lipinski definition) is 4. The average Bonchev–Trinajstić information content (AvgIpc) is 3.40. The normalized spacial score (nSPS) is 18.2. The van der Waals surface area contributed by atoms with Gasteiger partial charge in [-0.3, -0.25) is 4.79 Å². The fraction of sp³-hybridized carbons (Fsp3) is 0.235. The zero-order valence-electron chi connectivity index (χ0n) is 13.5. The van der Waals surface area contributed by atoms with E-state index in [9.17, 15) is 13.6 Å². The SMILES string of the molecule is Cc1cccc(NC(=O)/C(C=N)=C2/NC(C(F)F)=CC(=C3CC3)N2)n1. The molecule has 3 rings (SSSR count). The number of nitrogens with zero attached hydrogens (tertiary/aromatic N) is 1. The van der Waals surface area contributed by atoms with Crippen LogP contribution in [0, 0.1) is 12.3 Å². The first-order chi connectivity index (χ1) is 12.0. The molecule has 1 saturated carbocycles. The molecule has 1 aromatic rings. The van der Waals surface area contributed by atoms with E-state index in [1.165, 1.54) is 6.08 Å².